The van der Waals surface area contributed by atoms with E-state index < -0.39 is 5.91 Å². The Morgan fingerprint density at radius 2 is 1.84 bits per heavy atom. The molecule has 128 valence electrons. The molecule has 0 unspecified atom stereocenters. The van der Waals surface area contributed by atoms with Crippen LogP contribution in [0.2, 0.25) is 0 Å². The average molecular weight is 337 g/mol. The molecule has 0 aliphatic carbocycles. The maximum atomic E-state index is 12.7. The molecule has 1 amide bonds. The Balaban J connectivity index is 1.90. The summed E-state index contributed by atoms with van der Waals surface area (Å²) in [5.74, 6) is 0.352. The summed E-state index contributed by atoms with van der Waals surface area (Å²) in [6.07, 6.45) is 0. The van der Waals surface area contributed by atoms with Crippen LogP contribution in [-0.4, -0.2) is 34.7 Å². The number of carbonyl (C=O) groups is 1. The number of methoxy groups -OCH3 is 1. The third kappa shape index (κ3) is 3.24. The smallest absolute Gasteiger partial charge is 0.278 e. The van der Waals surface area contributed by atoms with Gasteiger partial charge < -0.3 is 9.64 Å². The van der Waals surface area contributed by atoms with Gasteiger partial charge in [-0.05, 0) is 29.8 Å². The molecule has 6 heteroatoms. The number of ether oxygens (including phenoxy) is 1. The van der Waals surface area contributed by atoms with Gasteiger partial charge in [-0.15, -0.1) is 0 Å². The van der Waals surface area contributed by atoms with Gasteiger partial charge in [0.15, 0.2) is 5.69 Å². The molecule has 3 aromatic rings. The lowest BCUT2D eigenvalue weighted by atomic mass is 10.1. The quantitative estimate of drug-likeness (QED) is 0.732. The van der Waals surface area contributed by atoms with Crippen molar-refractivity contribution in [3.63, 3.8) is 0 Å². The lowest BCUT2D eigenvalue weighted by molar-refractivity contribution is 0.0776. The Kier molecular flexibility index (Phi) is 4.52. The van der Waals surface area contributed by atoms with Gasteiger partial charge in [0.25, 0.3) is 5.91 Å². The SMILES string of the molecule is COc1ccc(CN(C)C(=O)c2nn(C)c3ccccc3c2=O)cc1. The Morgan fingerprint density at radius 1 is 1.16 bits per heavy atom. The molecule has 0 aliphatic heterocycles. The number of fused-ring (bicyclic) bond motifs is 1. The molecule has 1 heterocycles. The molecule has 0 N–H and O–H groups in total. The number of hydrogen-bond donors (Lipinski definition) is 0. The van der Waals surface area contributed by atoms with E-state index in [0.29, 0.717) is 17.4 Å². The van der Waals surface area contributed by atoms with Gasteiger partial charge in [0.2, 0.25) is 5.43 Å². The second kappa shape index (κ2) is 6.76. The van der Waals surface area contributed by atoms with Crippen molar-refractivity contribution in [3.8, 4) is 5.75 Å². The summed E-state index contributed by atoms with van der Waals surface area (Å²) in [6.45, 7) is 0.375. The number of rotatable bonds is 4. The third-order valence-corrected chi connectivity index (χ3v) is 4.09. The molecule has 0 radical (unpaired) electrons. The van der Waals surface area contributed by atoms with Crippen molar-refractivity contribution >= 4 is 16.8 Å². The highest BCUT2D eigenvalue weighted by atomic mass is 16.5. The molecule has 0 fully saturated rings. The largest absolute Gasteiger partial charge is 0.497 e. The van der Waals surface area contributed by atoms with Crippen molar-refractivity contribution in [1.29, 1.82) is 0 Å². The summed E-state index contributed by atoms with van der Waals surface area (Å²) in [5, 5.41) is 4.67. The van der Waals surface area contributed by atoms with E-state index in [0.717, 1.165) is 11.3 Å². The van der Waals surface area contributed by atoms with E-state index >= 15 is 0 Å². The van der Waals surface area contributed by atoms with E-state index in [2.05, 4.69) is 5.10 Å². The van der Waals surface area contributed by atoms with Gasteiger partial charge in [-0.25, -0.2) is 0 Å². The summed E-state index contributed by atoms with van der Waals surface area (Å²) in [5.41, 5.74) is 1.22. The molecule has 25 heavy (non-hydrogen) atoms. The molecule has 0 bridgehead atoms. The lowest BCUT2D eigenvalue weighted by Gasteiger charge is -2.17. The number of aryl methyl sites for hydroxylation is 1. The lowest BCUT2D eigenvalue weighted by Crippen LogP contribution is -2.33. The van der Waals surface area contributed by atoms with Crippen LogP contribution in [0, 0.1) is 0 Å². The van der Waals surface area contributed by atoms with Crippen LogP contribution in [0.3, 0.4) is 0 Å². The molecular formula is C19H19N3O3. The Hall–Kier alpha value is -3.15. The molecule has 0 saturated carbocycles. The van der Waals surface area contributed by atoms with E-state index in [-0.39, 0.29) is 11.1 Å². The fourth-order valence-electron chi connectivity index (χ4n) is 2.72. The van der Waals surface area contributed by atoms with Crippen LogP contribution in [0.5, 0.6) is 5.75 Å². The molecule has 3 rings (SSSR count). The maximum Gasteiger partial charge on any atom is 0.278 e. The number of amides is 1. The topological polar surface area (TPSA) is 64.4 Å². The van der Waals surface area contributed by atoms with Gasteiger partial charge in [-0.1, -0.05) is 24.3 Å². The van der Waals surface area contributed by atoms with Gasteiger partial charge in [-0.2, -0.15) is 5.10 Å². The summed E-state index contributed by atoms with van der Waals surface area (Å²) < 4.78 is 6.69. The van der Waals surface area contributed by atoms with E-state index in [1.807, 2.05) is 30.3 Å². The number of para-hydroxylation sites is 1. The second-order valence-electron chi connectivity index (χ2n) is 5.83. The summed E-state index contributed by atoms with van der Waals surface area (Å²) >= 11 is 0. The number of nitrogens with zero attached hydrogens (tertiary/aromatic N) is 3. The van der Waals surface area contributed by atoms with Crippen molar-refractivity contribution in [2.75, 3.05) is 14.2 Å². The summed E-state index contributed by atoms with van der Waals surface area (Å²) in [6, 6.07) is 14.6. The molecule has 6 nitrogen and oxygen atoms in total. The predicted molar refractivity (Wildman–Crippen MR) is 95.8 cm³/mol. The Bertz CT molecular complexity index is 977. The first kappa shape index (κ1) is 16.7. The molecule has 0 saturated heterocycles. The highest BCUT2D eigenvalue weighted by molar-refractivity contribution is 5.95. The predicted octanol–water partition coefficient (Wildman–Crippen LogP) is 2.21. The number of benzene rings is 2. The number of aromatic nitrogens is 2. The van der Waals surface area contributed by atoms with Gasteiger partial charge >= 0.3 is 0 Å². The third-order valence-electron chi connectivity index (χ3n) is 4.09. The van der Waals surface area contributed by atoms with Crippen molar-refractivity contribution in [1.82, 2.24) is 14.7 Å². The van der Waals surface area contributed by atoms with Crippen LogP contribution in [-0.2, 0) is 13.6 Å². The van der Waals surface area contributed by atoms with E-state index in [9.17, 15) is 9.59 Å². The van der Waals surface area contributed by atoms with Gasteiger partial charge in [0.1, 0.15) is 5.75 Å². The van der Waals surface area contributed by atoms with Crippen molar-refractivity contribution in [2.45, 2.75) is 6.54 Å². The van der Waals surface area contributed by atoms with Gasteiger partial charge in [0.05, 0.1) is 12.6 Å². The molecule has 0 aliphatic rings. The van der Waals surface area contributed by atoms with E-state index in [1.54, 1.807) is 44.1 Å². The fraction of sp³-hybridized carbons (Fsp3) is 0.211. The highest BCUT2D eigenvalue weighted by Gasteiger charge is 2.20. The van der Waals surface area contributed by atoms with Gasteiger partial charge in [-0.3, -0.25) is 14.3 Å². The minimum Gasteiger partial charge on any atom is -0.497 e. The van der Waals surface area contributed by atoms with Crippen LogP contribution in [0.25, 0.3) is 10.9 Å². The van der Waals surface area contributed by atoms with Crippen LogP contribution in [0.15, 0.2) is 53.3 Å². The van der Waals surface area contributed by atoms with Crippen LogP contribution in [0.1, 0.15) is 16.1 Å². The molecular weight excluding hydrogens is 318 g/mol. The van der Waals surface area contributed by atoms with E-state index in [1.165, 1.54) is 4.90 Å². The zero-order chi connectivity index (χ0) is 18.0. The highest BCUT2D eigenvalue weighted by Crippen LogP contribution is 2.14. The minimum atomic E-state index is -0.401. The van der Waals surface area contributed by atoms with Crippen molar-refractivity contribution in [3.05, 3.63) is 70.0 Å². The zero-order valence-electron chi connectivity index (χ0n) is 14.4. The fourth-order valence-corrected chi connectivity index (χ4v) is 2.72. The minimum absolute atomic E-state index is 0.0720. The van der Waals surface area contributed by atoms with Crippen molar-refractivity contribution in [2.24, 2.45) is 7.05 Å². The standard InChI is InChI=1S/C19H19N3O3/c1-21(12-13-8-10-14(25-3)11-9-13)19(24)17-18(23)15-6-4-5-7-16(15)22(2)20-17/h4-11H,12H2,1-3H3. The first-order valence-electron chi connectivity index (χ1n) is 7.85. The normalized spacial score (nSPS) is 10.7. The zero-order valence-corrected chi connectivity index (χ0v) is 14.4. The van der Waals surface area contributed by atoms with Gasteiger partial charge in [0, 0.05) is 26.0 Å². The molecule has 1 aromatic heterocycles. The maximum absolute atomic E-state index is 12.7. The molecule has 0 spiro atoms. The first-order chi connectivity index (χ1) is 12.0. The monoisotopic (exact) mass is 337 g/mol. The Morgan fingerprint density at radius 3 is 2.52 bits per heavy atom. The average Bonchev–Trinajstić information content (AvgIpc) is 2.64. The molecule has 0 atom stereocenters. The first-order valence-corrected chi connectivity index (χ1v) is 7.85. The second-order valence-corrected chi connectivity index (χ2v) is 5.83. The van der Waals surface area contributed by atoms with Crippen LogP contribution < -0.4 is 10.2 Å². The molecule has 2 aromatic carbocycles. The summed E-state index contributed by atoms with van der Waals surface area (Å²) in [7, 11) is 4.98. The van der Waals surface area contributed by atoms with Crippen molar-refractivity contribution < 1.29 is 9.53 Å². The number of carbonyl (C=O) groups excluding carboxylic acids is 1. The van der Waals surface area contributed by atoms with Crippen LogP contribution >= 0.6 is 0 Å². The van der Waals surface area contributed by atoms with Crippen LogP contribution in [0.4, 0.5) is 0 Å². The summed E-state index contributed by atoms with van der Waals surface area (Å²) in [4.78, 5) is 26.8. The Labute approximate surface area is 145 Å². The number of hydrogen-bond acceptors (Lipinski definition) is 4. The van der Waals surface area contributed by atoms with E-state index in [4.69, 9.17) is 4.74 Å².